The Labute approximate surface area is 146 Å². The molecule has 1 atom stereocenters. The Bertz CT molecular complexity index is 693. The average molecular weight is 408 g/mol. The van der Waals surface area contributed by atoms with Crippen molar-refractivity contribution in [2.45, 2.75) is 12.5 Å². The fourth-order valence-corrected chi connectivity index (χ4v) is 3.32. The van der Waals surface area contributed by atoms with E-state index in [1.807, 2.05) is 12.1 Å². The van der Waals surface area contributed by atoms with Crippen LogP contribution in [0.15, 0.2) is 34.8 Å². The summed E-state index contributed by atoms with van der Waals surface area (Å²) in [4.78, 5) is 0. The minimum atomic E-state index is 0.112. The lowest BCUT2D eigenvalue weighted by Gasteiger charge is -2.28. The van der Waals surface area contributed by atoms with E-state index in [4.69, 9.17) is 39.5 Å². The van der Waals surface area contributed by atoms with E-state index in [9.17, 15) is 0 Å². The lowest BCUT2D eigenvalue weighted by molar-refractivity contribution is 0.274. The largest absolute Gasteiger partial charge is 0.493 e. The number of rotatable bonds is 2. The van der Waals surface area contributed by atoms with E-state index in [1.54, 1.807) is 12.1 Å². The summed E-state index contributed by atoms with van der Waals surface area (Å²) in [7, 11) is 0. The van der Waals surface area contributed by atoms with Crippen molar-refractivity contribution in [1.82, 2.24) is 0 Å². The number of anilines is 1. The topological polar surface area (TPSA) is 21.3 Å². The summed E-state index contributed by atoms with van der Waals surface area (Å²) in [6, 6.07) is 9.49. The van der Waals surface area contributed by atoms with Crippen molar-refractivity contribution >= 4 is 56.4 Å². The highest BCUT2D eigenvalue weighted by atomic mass is 79.9. The Morgan fingerprint density at radius 2 is 1.81 bits per heavy atom. The zero-order chi connectivity index (χ0) is 15.0. The molecule has 1 aliphatic rings. The van der Waals surface area contributed by atoms with E-state index in [2.05, 4.69) is 27.3 Å². The molecule has 1 N–H and O–H groups in total. The van der Waals surface area contributed by atoms with Crippen molar-refractivity contribution in [2.75, 3.05) is 11.9 Å². The number of benzene rings is 2. The van der Waals surface area contributed by atoms with E-state index in [0.29, 0.717) is 21.7 Å². The summed E-state index contributed by atoms with van der Waals surface area (Å²) in [5, 5.41) is 4.90. The van der Waals surface area contributed by atoms with Gasteiger partial charge in [-0.1, -0.05) is 50.7 Å². The third-order valence-electron chi connectivity index (χ3n) is 3.35. The Morgan fingerprint density at radius 3 is 2.62 bits per heavy atom. The van der Waals surface area contributed by atoms with Gasteiger partial charge in [-0.2, -0.15) is 0 Å². The van der Waals surface area contributed by atoms with Gasteiger partial charge in [0.2, 0.25) is 0 Å². The monoisotopic (exact) mass is 405 g/mol. The Hall–Kier alpha value is -0.610. The molecule has 2 aromatic rings. The van der Waals surface area contributed by atoms with Crippen LogP contribution in [0.1, 0.15) is 18.0 Å². The van der Waals surface area contributed by atoms with Crippen LogP contribution in [0.3, 0.4) is 0 Å². The molecule has 0 bridgehead atoms. The van der Waals surface area contributed by atoms with Crippen LogP contribution in [0, 0.1) is 0 Å². The van der Waals surface area contributed by atoms with Gasteiger partial charge in [-0.25, -0.2) is 0 Å². The first-order valence-electron chi connectivity index (χ1n) is 6.38. The summed E-state index contributed by atoms with van der Waals surface area (Å²) in [6.07, 6.45) is 0.847. The molecule has 1 heterocycles. The molecule has 6 heteroatoms. The zero-order valence-electron chi connectivity index (χ0n) is 10.8. The molecule has 0 saturated carbocycles. The van der Waals surface area contributed by atoms with Crippen molar-refractivity contribution in [3.63, 3.8) is 0 Å². The minimum Gasteiger partial charge on any atom is -0.493 e. The molecular formula is C15H11BrCl3NO. The van der Waals surface area contributed by atoms with Gasteiger partial charge in [0.1, 0.15) is 5.75 Å². The third-order valence-corrected chi connectivity index (χ3v) is 4.88. The summed E-state index contributed by atoms with van der Waals surface area (Å²) in [5.41, 5.74) is 1.86. The van der Waals surface area contributed by atoms with Crippen LogP contribution in [0.2, 0.25) is 15.1 Å². The van der Waals surface area contributed by atoms with E-state index in [0.717, 1.165) is 27.9 Å². The maximum Gasteiger partial charge on any atom is 0.124 e. The van der Waals surface area contributed by atoms with Crippen LogP contribution in [-0.4, -0.2) is 6.61 Å². The maximum atomic E-state index is 6.23. The van der Waals surface area contributed by atoms with Crippen LogP contribution in [0.4, 0.5) is 5.69 Å². The fraction of sp³-hybridized carbons (Fsp3) is 0.200. The Balaban J connectivity index is 1.93. The van der Waals surface area contributed by atoms with Crippen LogP contribution < -0.4 is 10.1 Å². The first-order valence-corrected chi connectivity index (χ1v) is 8.30. The Kier molecular flexibility index (Phi) is 4.55. The van der Waals surface area contributed by atoms with Crippen LogP contribution in [0.25, 0.3) is 0 Å². The van der Waals surface area contributed by atoms with Gasteiger partial charge in [0.15, 0.2) is 0 Å². The maximum absolute atomic E-state index is 6.23. The fourth-order valence-electron chi connectivity index (χ4n) is 2.34. The number of hydrogen-bond acceptors (Lipinski definition) is 2. The van der Waals surface area contributed by atoms with Crippen molar-refractivity contribution in [1.29, 1.82) is 0 Å². The van der Waals surface area contributed by atoms with E-state index < -0.39 is 0 Å². The van der Waals surface area contributed by atoms with Crippen molar-refractivity contribution < 1.29 is 4.74 Å². The second kappa shape index (κ2) is 6.25. The van der Waals surface area contributed by atoms with Gasteiger partial charge in [-0.3, -0.25) is 0 Å². The molecule has 2 nitrogen and oxygen atoms in total. The number of nitrogens with one attached hydrogen (secondary N) is 1. The lowest BCUT2D eigenvalue weighted by Crippen LogP contribution is -2.20. The summed E-state index contributed by atoms with van der Waals surface area (Å²) in [5.74, 6) is 0.887. The Morgan fingerprint density at radius 1 is 1.05 bits per heavy atom. The smallest absolute Gasteiger partial charge is 0.124 e. The SMILES string of the molecule is Clc1cc(Cl)c(NC2CCOc3ccc(Br)cc32)cc1Cl. The van der Waals surface area contributed by atoms with Gasteiger partial charge >= 0.3 is 0 Å². The highest BCUT2D eigenvalue weighted by molar-refractivity contribution is 9.10. The summed E-state index contributed by atoms with van der Waals surface area (Å²) >= 11 is 21.8. The molecule has 0 fully saturated rings. The number of ether oxygens (including phenoxy) is 1. The molecule has 110 valence electrons. The molecule has 0 aromatic heterocycles. The molecule has 3 rings (SSSR count). The predicted octanol–water partition coefficient (Wildman–Crippen LogP) is 6.35. The lowest BCUT2D eigenvalue weighted by atomic mass is 10.0. The summed E-state index contributed by atoms with van der Waals surface area (Å²) < 4.78 is 6.69. The predicted molar refractivity (Wildman–Crippen MR) is 92.1 cm³/mol. The first-order chi connectivity index (χ1) is 10.0. The third kappa shape index (κ3) is 3.26. The number of halogens is 4. The number of hydrogen-bond donors (Lipinski definition) is 1. The van der Waals surface area contributed by atoms with Crippen LogP contribution in [-0.2, 0) is 0 Å². The molecule has 0 saturated heterocycles. The van der Waals surface area contributed by atoms with Gasteiger partial charge in [0.25, 0.3) is 0 Å². The molecular weight excluding hydrogens is 396 g/mol. The van der Waals surface area contributed by atoms with Gasteiger partial charge in [0.05, 0.1) is 33.4 Å². The van der Waals surface area contributed by atoms with Crippen molar-refractivity contribution in [3.8, 4) is 5.75 Å². The van der Waals surface area contributed by atoms with Crippen LogP contribution >= 0.6 is 50.7 Å². The highest BCUT2D eigenvalue weighted by Crippen LogP contribution is 2.39. The highest BCUT2D eigenvalue weighted by Gasteiger charge is 2.22. The molecule has 0 aliphatic carbocycles. The standard InChI is InChI=1S/C15H11BrCl3NO/c16-8-1-2-15-9(5-8)13(3-4-21-15)20-14-7-11(18)10(17)6-12(14)19/h1-2,5-7,13,20H,3-4H2. The second-order valence-corrected chi connectivity index (χ2v) is 6.90. The average Bonchev–Trinajstić information content (AvgIpc) is 2.45. The van der Waals surface area contributed by atoms with E-state index in [1.165, 1.54) is 0 Å². The number of fused-ring (bicyclic) bond motifs is 1. The quantitative estimate of drug-likeness (QED) is 0.586. The molecule has 1 unspecified atom stereocenters. The van der Waals surface area contributed by atoms with Gasteiger partial charge < -0.3 is 10.1 Å². The van der Waals surface area contributed by atoms with Crippen LogP contribution in [0.5, 0.6) is 5.75 Å². The zero-order valence-corrected chi connectivity index (χ0v) is 14.7. The second-order valence-electron chi connectivity index (χ2n) is 4.76. The van der Waals surface area contributed by atoms with E-state index >= 15 is 0 Å². The minimum absolute atomic E-state index is 0.112. The molecule has 21 heavy (non-hydrogen) atoms. The molecule has 1 aliphatic heterocycles. The van der Waals surface area contributed by atoms with E-state index in [-0.39, 0.29) is 6.04 Å². The molecule has 0 spiro atoms. The first kappa shape index (κ1) is 15.3. The van der Waals surface area contributed by atoms with Gasteiger partial charge in [0, 0.05) is 16.5 Å². The normalized spacial score (nSPS) is 17.0. The molecule has 2 aromatic carbocycles. The summed E-state index contributed by atoms with van der Waals surface area (Å²) in [6.45, 7) is 0.658. The van der Waals surface area contributed by atoms with Crippen molar-refractivity contribution in [2.24, 2.45) is 0 Å². The van der Waals surface area contributed by atoms with Gasteiger partial charge in [-0.05, 0) is 30.3 Å². The van der Waals surface area contributed by atoms with Crippen molar-refractivity contribution in [3.05, 3.63) is 55.4 Å². The molecule has 0 radical (unpaired) electrons. The molecule has 0 amide bonds. The van der Waals surface area contributed by atoms with Gasteiger partial charge in [-0.15, -0.1) is 0 Å².